The Morgan fingerprint density at radius 2 is 2.18 bits per heavy atom. The van der Waals surface area contributed by atoms with Gasteiger partial charge in [0, 0.05) is 8.22 Å². The van der Waals surface area contributed by atoms with Crippen molar-refractivity contribution < 1.29 is 17.8 Å². The van der Waals surface area contributed by atoms with E-state index in [-0.39, 0.29) is 0 Å². The molecule has 0 saturated heterocycles. The van der Waals surface area contributed by atoms with Gasteiger partial charge in [0.1, 0.15) is 0 Å². The van der Waals surface area contributed by atoms with Crippen LogP contribution in [0.4, 0.5) is 0 Å². The highest BCUT2D eigenvalue weighted by molar-refractivity contribution is 5.70. The van der Waals surface area contributed by atoms with Gasteiger partial charge in [0.2, 0.25) is 0 Å². The van der Waals surface area contributed by atoms with Gasteiger partial charge < -0.3 is 10.5 Å². The molecule has 0 aromatic heterocycles. The molecule has 1 saturated carbocycles. The summed E-state index contributed by atoms with van der Waals surface area (Å²) in [4.78, 5) is 11.9. The third-order valence-corrected chi connectivity index (χ3v) is 4.10. The van der Waals surface area contributed by atoms with Crippen LogP contribution in [0.3, 0.4) is 0 Å². The van der Waals surface area contributed by atoms with Crippen molar-refractivity contribution >= 4 is 5.97 Å². The lowest BCUT2D eigenvalue weighted by atomic mass is 9.52. The molecule has 1 aliphatic carbocycles. The summed E-state index contributed by atoms with van der Waals surface area (Å²) in [5, 5.41) is 0. The second-order valence-electron chi connectivity index (χ2n) is 5.16. The van der Waals surface area contributed by atoms with Crippen LogP contribution in [-0.4, -0.2) is 19.6 Å². The van der Waals surface area contributed by atoms with Gasteiger partial charge in [-0.3, -0.25) is 4.79 Å². The molecule has 0 radical (unpaired) electrons. The largest absolute Gasteiger partial charge is 0.469 e. The molecule has 3 nitrogen and oxygen atoms in total. The Hall–Kier alpha value is -0.570. The first-order chi connectivity index (χ1) is 10.0. The van der Waals surface area contributed by atoms with Gasteiger partial charge in [0.25, 0.3) is 0 Å². The first-order valence-corrected chi connectivity index (χ1v) is 5.79. The number of rotatable bonds is 3. The highest BCUT2D eigenvalue weighted by Gasteiger charge is 2.50. The first kappa shape index (κ1) is 7.78. The Kier molecular flexibility index (Phi) is 2.27. The fourth-order valence-electron chi connectivity index (χ4n) is 2.11. The molecule has 0 amide bonds. The Morgan fingerprint density at radius 1 is 1.59 bits per heavy atom. The Bertz CT molecular complexity index is 471. The third-order valence-electron chi connectivity index (χ3n) is 4.10. The minimum Gasteiger partial charge on any atom is -0.469 e. The van der Waals surface area contributed by atoms with Crippen molar-refractivity contribution in [1.82, 2.24) is 0 Å². The van der Waals surface area contributed by atoms with Crippen LogP contribution in [0.15, 0.2) is 0 Å². The van der Waals surface area contributed by atoms with E-state index in [0.29, 0.717) is 0 Å². The van der Waals surface area contributed by atoms with Gasteiger partial charge in [-0.1, -0.05) is 27.7 Å². The number of nitrogens with two attached hydrogens (primary N) is 1. The molecule has 1 aliphatic rings. The van der Waals surface area contributed by atoms with Crippen LogP contribution in [0.25, 0.3) is 0 Å². The fourth-order valence-corrected chi connectivity index (χ4v) is 2.11. The van der Waals surface area contributed by atoms with Crippen LogP contribution in [0, 0.1) is 22.6 Å². The maximum Gasteiger partial charge on any atom is 0.306 e. The lowest BCUT2D eigenvalue weighted by Crippen LogP contribution is -2.51. The van der Waals surface area contributed by atoms with Crippen LogP contribution < -0.4 is 5.73 Å². The lowest BCUT2D eigenvalue weighted by molar-refractivity contribution is -0.147. The molecule has 0 aromatic carbocycles. The van der Waals surface area contributed by atoms with E-state index in [4.69, 9.17) is 14.0 Å². The molecular weight excluding hydrogens is 214 g/mol. The molecule has 2 N–H and O–H groups in total. The average Bonchev–Trinajstić information content (AvgIpc) is 2.41. The van der Waals surface area contributed by atoms with Gasteiger partial charge in [0.15, 0.2) is 0 Å². The van der Waals surface area contributed by atoms with Gasteiger partial charge in [0.05, 0.1) is 13.5 Å². The summed E-state index contributed by atoms with van der Waals surface area (Å²) in [5.74, 6) is -4.35. The van der Waals surface area contributed by atoms with Crippen LogP contribution in [-0.2, 0) is 9.53 Å². The minimum absolute atomic E-state index is 0.409. The average molecular weight is 247 g/mol. The second-order valence-corrected chi connectivity index (χ2v) is 5.16. The molecule has 3 heteroatoms. The summed E-state index contributed by atoms with van der Waals surface area (Å²) in [5.41, 5.74) is 2.71. The van der Waals surface area contributed by atoms with E-state index in [9.17, 15) is 4.79 Å². The van der Waals surface area contributed by atoms with E-state index in [1.165, 1.54) is 13.8 Å². The van der Waals surface area contributed by atoms with Crippen molar-refractivity contribution in [1.29, 1.82) is 0 Å². The number of carbonyl (C=O) groups excluding carboxylic acids is 1. The quantitative estimate of drug-likeness (QED) is 0.780. The predicted molar refractivity (Wildman–Crippen MR) is 69.5 cm³/mol. The molecule has 3 unspecified atom stereocenters. The molecule has 0 heterocycles. The third kappa shape index (κ3) is 2.49. The van der Waals surface area contributed by atoms with Crippen LogP contribution in [0.5, 0.6) is 0 Å². The number of hydrogen-bond donors (Lipinski definition) is 1. The number of carbonyl (C=O) groups is 1. The molecule has 0 bridgehead atoms. The van der Waals surface area contributed by atoms with E-state index in [1.54, 1.807) is 13.8 Å². The summed E-state index contributed by atoms with van der Waals surface area (Å²) in [6.07, 6.45) is -5.82. The smallest absolute Gasteiger partial charge is 0.306 e. The van der Waals surface area contributed by atoms with Crippen molar-refractivity contribution in [2.45, 2.75) is 46.9 Å². The topological polar surface area (TPSA) is 52.3 Å². The van der Waals surface area contributed by atoms with E-state index in [2.05, 4.69) is 4.74 Å². The van der Waals surface area contributed by atoms with E-state index in [0.717, 1.165) is 7.11 Å². The summed E-state index contributed by atoms with van der Waals surface area (Å²) in [7, 11) is 1.15. The van der Waals surface area contributed by atoms with Crippen molar-refractivity contribution in [2.75, 3.05) is 13.7 Å². The SMILES string of the molecule is [2H]C1([2H])C([2H])([2H])C(CN)(CC(=O)OC)C([2H])(C)C(C)(C)C1([2H])C. The Labute approximate surface area is 114 Å². The van der Waals surface area contributed by atoms with E-state index >= 15 is 0 Å². The monoisotopic (exact) mass is 247 g/mol. The zero-order valence-corrected chi connectivity index (χ0v) is 11.3. The van der Waals surface area contributed by atoms with Crippen LogP contribution >= 0.6 is 0 Å². The fraction of sp³-hybridized carbons (Fsp3) is 0.929. The Morgan fingerprint density at radius 3 is 2.65 bits per heavy atom. The van der Waals surface area contributed by atoms with Gasteiger partial charge in [-0.2, -0.15) is 0 Å². The molecule has 0 aromatic rings. The van der Waals surface area contributed by atoms with E-state index < -0.39 is 54.3 Å². The molecule has 0 spiro atoms. The lowest BCUT2D eigenvalue weighted by Gasteiger charge is -2.53. The summed E-state index contributed by atoms with van der Waals surface area (Å²) in [6, 6.07) is 0. The normalized spacial score (nSPS) is 56.4. The maximum absolute atomic E-state index is 11.9. The number of ether oxygens (including phenoxy) is 1. The van der Waals surface area contributed by atoms with Crippen molar-refractivity contribution in [2.24, 2.45) is 28.4 Å². The number of hydrogen-bond acceptors (Lipinski definition) is 3. The van der Waals surface area contributed by atoms with Crippen molar-refractivity contribution in [3.63, 3.8) is 0 Å². The summed E-state index contributed by atoms with van der Waals surface area (Å²) in [6.45, 7) is 5.44. The maximum atomic E-state index is 11.9. The zero-order chi connectivity index (χ0) is 18.7. The van der Waals surface area contributed by atoms with Crippen molar-refractivity contribution in [3.05, 3.63) is 0 Å². The second kappa shape index (κ2) is 4.97. The number of esters is 1. The molecular formula is C14H27NO2. The molecule has 0 aliphatic heterocycles. The standard InChI is InChI=1S/C14H27NO2/c1-10-6-7-14(9-15,8-12(16)17-5)11(2)13(10,3)4/h10-11H,6-9,15H2,1-5H3/i6D2,7D2,10D,11D. The van der Waals surface area contributed by atoms with Gasteiger partial charge >= 0.3 is 5.97 Å². The van der Waals surface area contributed by atoms with Gasteiger partial charge in [-0.15, -0.1) is 0 Å². The van der Waals surface area contributed by atoms with E-state index in [1.807, 2.05) is 0 Å². The molecule has 3 atom stereocenters. The first-order valence-electron chi connectivity index (χ1n) is 8.79. The van der Waals surface area contributed by atoms with Crippen LogP contribution in [0.1, 0.15) is 55.1 Å². The summed E-state index contributed by atoms with van der Waals surface area (Å²) >= 11 is 0. The van der Waals surface area contributed by atoms with Crippen LogP contribution in [0.2, 0.25) is 0 Å². The summed E-state index contributed by atoms with van der Waals surface area (Å²) < 4.78 is 55.6. The molecule has 1 fully saturated rings. The highest BCUT2D eigenvalue weighted by Crippen LogP contribution is 2.54. The predicted octanol–water partition coefficient (Wildman–Crippen LogP) is 2.59. The molecule has 1 rings (SSSR count). The Balaban J connectivity index is 3.83. The van der Waals surface area contributed by atoms with Gasteiger partial charge in [-0.25, -0.2) is 0 Å². The zero-order valence-electron chi connectivity index (χ0n) is 17.3. The minimum atomic E-state index is -2.68. The van der Waals surface area contributed by atoms with Crippen molar-refractivity contribution in [3.8, 4) is 0 Å². The molecule has 17 heavy (non-hydrogen) atoms. The number of methoxy groups -OCH3 is 1. The molecule has 100 valence electrons. The highest BCUT2D eigenvalue weighted by atomic mass is 16.5. The van der Waals surface area contributed by atoms with Gasteiger partial charge in [-0.05, 0) is 41.9 Å².